The van der Waals surface area contributed by atoms with Crippen molar-refractivity contribution in [3.8, 4) is 0 Å². The van der Waals surface area contributed by atoms with E-state index in [1.165, 1.54) is 6.42 Å². The van der Waals surface area contributed by atoms with Gasteiger partial charge in [-0.25, -0.2) is 4.79 Å². The summed E-state index contributed by atoms with van der Waals surface area (Å²) in [5, 5.41) is 12.1. The lowest BCUT2D eigenvalue weighted by molar-refractivity contribution is -0.152. The summed E-state index contributed by atoms with van der Waals surface area (Å²) in [5.41, 5.74) is 0. The van der Waals surface area contributed by atoms with Crippen molar-refractivity contribution in [1.82, 2.24) is 5.32 Å². The van der Waals surface area contributed by atoms with Crippen molar-refractivity contribution in [2.45, 2.75) is 71.1 Å². The number of amides is 1. The van der Waals surface area contributed by atoms with Gasteiger partial charge in [-0.3, -0.25) is 4.79 Å². The lowest BCUT2D eigenvalue weighted by Gasteiger charge is -2.38. The maximum atomic E-state index is 12.3. The molecular weight excluding hydrogens is 270 g/mol. The van der Waals surface area contributed by atoms with Crippen LogP contribution in [0.2, 0.25) is 0 Å². The van der Waals surface area contributed by atoms with E-state index >= 15 is 0 Å². The minimum absolute atomic E-state index is 0.136. The molecule has 0 spiro atoms. The predicted molar refractivity (Wildman–Crippen MR) is 78.8 cm³/mol. The second kappa shape index (κ2) is 6.77. The number of carboxylic acid groups (broad SMARTS) is 1. The van der Waals surface area contributed by atoms with Gasteiger partial charge in [0.15, 0.2) is 6.10 Å². The maximum absolute atomic E-state index is 12.3. The van der Waals surface area contributed by atoms with Crippen LogP contribution in [0.3, 0.4) is 0 Å². The van der Waals surface area contributed by atoms with Crippen molar-refractivity contribution in [3.05, 3.63) is 0 Å². The van der Waals surface area contributed by atoms with Gasteiger partial charge >= 0.3 is 5.97 Å². The molecule has 2 fully saturated rings. The minimum atomic E-state index is -0.975. The molecule has 2 rings (SSSR count). The van der Waals surface area contributed by atoms with Crippen molar-refractivity contribution in [1.29, 1.82) is 0 Å². The van der Waals surface area contributed by atoms with Gasteiger partial charge < -0.3 is 15.2 Å². The number of rotatable bonds is 4. The summed E-state index contributed by atoms with van der Waals surface area (Å²) in [4.78, 5) is 23.2. The van der Waals surface area contributed by atoms with Crippen LogP contribution in [0.4, 0.5) is 0 Å². The predicted octanol–water partition coefficient (Wildman–Crippen LogP) is 2.20. The molecule has 0 aromatic rings. The third kappa shape index (κ3) is 3.96. The normalized spacial score (nSPS) is 36.7. The van der Waals surface area contributed by atoms with E-state index in [2.05, 4.69) is 26.1 Å². The third-order valence-electron chi connectivity index (χ3n) is 4.94. The summed E-state index contributed by atoms with van der Waals surface area (Å²) in [6.45, 7) is 6.63. The number of nitrogens with one attached hydrogen (secondary N) is 1. The fourth-order valence-corrected chi connectivity index (χ4v) is 3.66. The van der Waals surface area contributed by atoms with Crippen LogP contribution in [0.25, 0.3) is 0 Å². The van der Waals surface area contributed by atoms with E-state index in [1.807, 2.05) is 0 Å². The van der Waals surface area contributed by atoms with Gasteiger partial charge in [0.1, 0.15) is 6.10 Å². The van der Waals surface area contributed by atoms with Gasteiger partial charge in [-0.05, 0) is 43.4 Å². The summed E-state index contributed by atoms with van der Waals surface area (Å²) >= 11 is 0. The largest absolute Gasteiger partial charge is 0.479 e. The SMILES string of the molecule is CC1CCC(C(C)C)C(NC(=O)[C@@H]2CC[C@H](C(=O)O)O2)C1. The molecule has 0 aromatic carbocycles. The van der Waals surface area contributed by atoms with Gasteiger partial charge in [0.05, 0.1) is 0 Å². The first-order valence-electron chi connectivity index (χ1n) is 8.07. The molecule has 21 heavy (non-hydrogen) atoms. The average Bonchev–Trinajstić information content (AvgIpc) is 2.88. The molecular formula is C16H27NO4. The molecule has 5 heteroatoms. The summed E-state index contributed by atoms with van der Waals surface area (Å²) in [7, 11) is 0. The van der Waals surface area contributed by atoms with Gasteiger partial charge in [0, 0.05) is 6.04 Å². The lowest BCUT2D eigenvalue weighted by atomic mass is 9.74. The first kappa shape index (κ1) is 16.3. The van der Waals surface area contributed by atoms with E-state index in [-0.39, 0.29) is 11.9 Å². The van der Waals surface area contributed by atoms with Crippen molar-refractivity contribution < 1.29 is 19.4 Å². The Kier molecular flexibility index (Phi) is 5.25. The zero-order valence-electron chi connectivity index (χ0n) is 13.2. The number of hydrogen-bond acceptors (Lipinski definition) is 3. The highest BCUT2D eigenvalue weighted by atomic mass is 16.5. The summed E-state index contributed by atoms with van der Waals surface area (Å²) in [6.07, 6.45) is 2.86. The third-order valence-corrected chi connectivity index (χ3v) is 4.94. The lowest BCUT2D eigenvalue weighted by Crippen LogP contribution is -2.49. The Balaban J connectivity index is 1.92. The Morgan fingerprint density at radius 2 is 1.81 bits per heavy atom. The fraction of sp³-hybridized carbons (Fsp3) is 0.875. The molecule has 0 bridgehead atoms. The van der Waals surface area contributed by atoms with Crippen LogP contribution in [0.15, 0.2) is 0 Å². The molecule has 2 aliphatic rings. The van der Waals surface area contributed by atoms with Crippen LogP contribution < -0.4 is 5.32 Å². The average molecular weight is 297 g/mol. The van der Waals surface area contributed by atoms with Crippen molar-refractivity contribution in [3.63, 3.8) is 0 Å². The topological polar surface area (TPSA) is 75.6 Å². The quantitative estimate of drug-likeness (QED) is 0.834. The smallest absolute Gasteiger partial charge is 0.332 e. The zero-order chi connectivity index (χ0) is 15.6. The summed E-state index contributed by atoms with van der Waals surface area (Å²) in [6, 6.07) is 0.189. The van der Waals surface area contributed by atoms with Crippen LogP contribution in [-0.4, -0.2) is 35.2 Å². The summed E-state index contributed by atoms with van der Waals surface area (Å²) < 4.78 is 5.34. The van der Waals surface area contributed by atoms with Crippen molar-refractivity contribution >= 4 is 11.9 Å². The molecule has 1 amide bonds. The standard InChI is InChI=1S/C16H27NO4/c1-9(2)11-5-4-10(3)8-12(11)17-15(18)13-6-7-14(21-13)16(19)20/h9-14H,4-8H2,1-3H3,(H,17,18)(H,19,20)/t10?,11?,12?,13-,14+/m0/s1. The van der Waals surface area contributed by atoms with Gasteiger partial charge in [-0.15, -0.1) is 0 Å². The Hall–Kier alpha value is -1.10. The van der Waals surface area contributed by atoms with Gasteiger partial charge in [-0.2, -0.15) is 0 Å². The Morgan fingerprint density at radius 3 is 2.38 bits per heavy atom. The van der Waals surface area contributed by atoms with Gasteiger partial charge in [0.25, 0.3) is 0 Å². The van der Waals surface area contributed by atoms with Crippen LogP contribution >= 0.6 is 0 Å². The van der Waals surface area contributed by atoms with E-state index in [9.17, 15) is 9.59 Å². The van der Waals surface area contributed by atoms with E-state index < -0.39 is 18.2 Å². The molecule has 5 nitrogen and oxygen atoms in total. The molecule has 1 saturated carbocycles. The molecule has 1 aliphatic carbocycles. The van der Waals surface area contributed by atoms with Crippen molar-refractivity contribution in [2.24, 2.45) is 17.8 Å². The van der Waals surface area contributed by atoms with Crippen LogP contribution in [-0.2, 0) is 14.3 Å². The molecule has 1 heterocycles. The number of ether oxygens (including phenoxy) is 1. The van der Waals surface area contributed by atoms with Gasteiger partial charge in [-0.1, -0.05) is 27.2 Å². The van der Waals surface area contributed by atoms with Crippen molar-refractivity contribution in [2.75, 3.05) is 0 Å². The molecule has 1 aliphatic heterocycles. The number of hydrogen-bond donors (Lipinski definition) is 2. The molecule has 0 aromatic heterocycles. The van der Waals surface area contributed by atoms with E-state index in [4.69, 9.17) is 9.84 Å². The van der Waals surface area contributed by atoms with E-state index in [1.54, 1.807) is 0 Å². The first-order chi connectivity index (χ1) is 9.88. The second-order valence-corrected chi connectivity index (χ2v) is 6.97. The monoisotopic (exact) mass is 297 g/mol. The van der Waals surface area contributed by atoms with Crippen LogP contribution in [0, 0.1) is 17.8 Å². The van der Waals surface area contributed by atoms with E-state index in [0.29, 0.717) is 30.6 Å². The minimum Gasteiger partial charge on any atom is -0.479 e. The van der Waals surface area contributed by atoms with E-state index in [0.717, 1.165) is 12.8 Å². The molecule has 3 unspecified atom stereocenters. The highest BCUT2D eigenvalue weighted by Gasteiger charge is 2.37. The molecule has 2 N–H and O–H groups in total. The number of carbonyl (C=O) groups is 2. The first-order valence-corrected chi connectivity index (χ1v) is 8.07. The Labute approximate surface area is 126 Å². The van der Waals surface area contributed by atoms with Crippen LogP contribution in [0.1, 0.15) is 52.9 Å². The molecule has 1 saturated heterocycles. The number of aliphatic carboxylic acids is 1. The summed E-state index contributed by atoms with van der Waals surface area (Å²) in [5.74, 6) is 0.558. The number of carbonyl (C=O) groups excluding carboxylic acids is 1. The molecule has 120 valence electrons. The Morgan fingerprint density at radius 1 is 1.14 bits per heavy atom. The zero-order valence-corrected chi connectivity index (χ0v) is 13.2. The highest BCUT2D eigenvalue weighted by Crippen LogP contribution is 2.33. The Bertz CT molecular complexity index is 396. The second-order valence-electron chi connectivity index (χ2n) is 6.97. The maximum Gasteiger partial charge on any atom is 0.332 e. The van der Waals surface area contributed by atoms with Crippen LogP contribution in [0.5, 0.6) is 0 Å². The molecule has 0 radical (unpaired) electrons. The molecule has 5 atom stereocenters. The highest BCUT2D eigenvalue weighted by molar-refractivity contribution is 5.82. The van der Waals surface area contributed by atoms with Gasteiger partial charge in [0.2, 0.25) is 5.91 Å². The fourth-order valence-electron chi connectivity index (χ4n) is 3.66. The number of carboxylic acids is 1.